The van der Waals surface area contributed by atoms with E-state index in [2.05, 4.69) is 36.2 Å². The molecule has 2 aromatic rings. The van der Waals surface area contributed by atoms with Gasteiger partial charge in [-0.1, -0.05) is 56.3 Å². The monoisotopic (exact) mass is 409 g/mol. The van der Waals surface area contributed by atoms with Crippen LogP contribution in [0.3, 0.4) is 0 Å². The number of nitrogens with one attached hydrogen (secondary N) is 1. The number of carbonyl (C=O) groups is 2. The molecule has 3 N–H and O–H groups in total. The van der Waals surface area contributed by atoms with E-state index in [9.17, 15) is 9.59 Å². The van der Waals surface area contributed by atoms with Gasteiger partial charge in [-0.15, -0.1) is 0 Å². The predicted molar refractivity (Wildman–Crippen MR) is 122 cm³/mol. The van der Waals surface area contributed by atoms with Crippen molar-refractivity contribution in [2.75, 3.05) is 20.6 Å². The number of likely N-dealkylation sites (N-methyl/N-ethyl adjacent to an activating group) is 1. The van der Waals surface area contributed by atoms with Gasteiger partial charge in [0, 0.05) is 24.6 Å². The summed E-state index contributed by atoms with van der Waals surface area (Å²) in [5.41, 5.74) is 8.15. The van der Waals surface area contributed by atoms with Crippen molar-refractivity contribution in [1.29, 1.82) is 0 Å². The summed E-state index contributed by atoms with van der Waals surface area (Å²) in [5.74, 6) is 0.416. The van der Waals surface area contributed by atoms with Crippen LogP contribution in [0, 0.1) is 5.92 Å². The SMILES string of the molecule is CC(C)C[C@@H](CC(=O)NC[C@H](Cc1ccc(C(N)=O)cc1)N(C)C)c1ccccc1. The number of amides is 2. The van der Waals surface area contributed by atoms with Gasteiger partial charge in [-0.3, -0.25) is 9.59 Å². The van der Waals surface area contributed by atoms with E-state index in [-0.39, 0.29) is 17.9 Å². The van der Waals surface area contributed by atoms with Crippen molar-refractivity contribution < 1.29 is 9.59 Å². The van der Waals surface area contributed by atoms with Gasteiger partial charge in [0.05, 0.1) is 0 Å². The van der Waals surface area contributed by atoms with Gasteiger partial charge in [0.1, 0.15) is 0 Å². The molecule has 5 heteroatoms. The van der Waals surface area contributed by atoms with Gasteiger partial charge in [-0.2, -0.15) is 0 Å². The third-order valence-electron chi connectivity index (χ3n) is 5.43. The molecule has 2 atom stereocenters. The van der Waals surface area contributed by atoms with Gasteiger partial charge in [0.25, 0.3) is 0 Å². The van der Waals surface area contributed by atoms with E-state index in [1.165, 1.54) is 5.56 Å². The molecule has 0 saturated carbocycles. The lowest BCUT2D eigenvalue weighted by atomic mass is 9.87. The summed E-state index contributed by atoms with van der Waals surface area (Å²) in [6, 6.07) is 17.8. The van der Waals surface area contributed by atoms with Crippen LogP contribution in [0.5, 0.6) is 0 Å². The van der Waals surface area contributed by atoms with E-state index < -0.39 is 5.91 Å². The Hall–Kier alpha value is -2.66. The molecule has 2 amide bonds. The summed E-state index contributed by atoms with van der Waals surface area (Å²) in [4.78, 5) is 26.1. The Morgan fingerprint density at radius 3 is 2.17 bits per heavy atom. The molecule has 30 heavy (non-hydrogen) atoms. The highest BCUT2D eigenvalue weighted by molar-refractivity contribution is 5.92. The number of nitrogens with zero attached hydrogens (tertiary/aromatic N) is 1. The molecule has 0 fully saturated rings. The maximum Gasteiger partial charge on any atom is 0.248 e. The second-order valence-corrected chi connectivity index (χ2v) is 8.63. The number of rotatable bonds is 11. The molecule has 2 aromatic carbocycles. The van der Waals surface area contributed by atoms with Gasteiger partial charge in [-0.25, -0.2) is 0 Å². The fourth-order valence-corrected chi connectivity index (χ4v) is 3.67. The van der Waals surface area contributed by atoms with Crippen LogP contribution in [-0.4, -0.2) is 43.4 Å². The number of nitrogens with two attached hydrogens (primary N) is 1. The van der Waals surface area contributed by atoms with Crippen molar-refractivity contribution in [3.8, 4) is 0 Å². The lowest BCUT2D eigenvalue weighted by Gasteiger charge is -2.26. The zero-order chi connectivity index (χ0) is 22.1. The third kappa shape index (κ3) is 7.64. The van der Waals surface area contributed by atoms with Crippen LogP contribution in [-0.2, 0) is 11.2 Å². The zero-order valence-corrected chi connectivity index (χ0v) is 18.6. The Kier molecular flexibility index (Phi) is 9.06. The Balaban J connectivity index is 1.95. The van der Waals surface area contributed by atoms with E-state index in [4.69, 9.17) is 5.73 Å². The second kappa shape index (κ2) is 11.5. The fraction of sp³-hybridized carbons (Fsp3) is 0.440. The molecule has 0 aliphatic rings. The first-order chi connectivity index (χ1) is 14.3. The van der Waals surface area contributed by atoms with E-state index in [0.717, 1.165) is 18.4 Å². The second-order valence-electron chi connectivity index (χ2n) is 8.63. The van der Waals surface area contributed by atoms with Crippen LogP contribution in [0.2, 0.25) is 0 Å². The van der Waals surface area contributed by atoms with Gasteiger partial charge >= 0.3 is 0 Å². The topological polar surface area (TPSA) is 75.4 Å². The van der Waals surface area contributed by atoms with Crippen molar-refractivity contribution in [1.82, 2.24) is 10.2 Å². The first-order valence-electron chi connectivity index (χ1n) is 10.6. The van der Waals surface area contributed by atoms with Crippen LogP contribution in [0.15, 0.2) is 54.6 Å². The van der Waals surface area contributed by atoms with Gasteiger partial charge < -0.3 is 16.0 Å². The Bertz CT molecular complexity index is 801. The molecule has 2 rings (SSSR count). The zero-order valence-electron chi connectivity index (χ0n) is 18.6. The Morgan fingerprint density at radius 1 is 1.00 bits per heavy atom. The molecule has 0 saturated heterocycles. The molecule has 162 valence electrons. The minimum absolute atomic E-state index is 0.0837. The summed E-state index contributed by atoms with van der Waals surface area (Å²) >= 11 is 0. The largest absolute Gasteiger partial charge is 0.366 e. The first kappa shape index (κ1) is 23.6. The molecule has 5 nitrogen and oxygen atoms in total. The van der Waals surface area contributed by atoms with E-state index >= 15 is 0 Å². The van der Waals surface area contributed by atoms with E-state index in [0.29, 0.717) is 24.4 Å². The highest BCUT2D eigenvalue weighted by Gasteiger charge is 2.19. The number of primary amides is 1. The van der Waals surface area contributed by atoms with Crippen LogP contribution in [0.4, 0.5) is 0 Å². The normalized spacial score (nSPS) is 13.3. The van der Waals surface area contributed by atoms with Gasteiger partial charge in [0.2, 0.25) is 11.8 Å². The summed E-state index contributed by atoms with van der Waals surface area (Å²) < 4.78 is 0. The molecule has 0 spiro atoms. The Labute approximate surface area is 180 Å². The Morgan fingerprint density at radius 2 is 1.63 bits per heavy atom. The highest BCUT2D eigenvalue weighted by Crippen LogP contribution is 2.27. The molecule has 0 bridgehead atoms. The van der Waals surface area contributed by atoms with Crippen molar-refractivity contribution in [2.45, 2.75) is 45.1 Å². The quantitative estimate of drug-likeness (QED) is 0.595. The van der Waals surface area contributed by atoms with Crippen LogP contribution >= 0.6 is 0 Å². The van der Waals surface area contributed by atoms with Crippen LogP contribution in [0.25, 0.3) is 0 Å². The molecular formula is C25H35N3O2. The summed E-state index contributed by atoms with van der Waals surface area (Å²) in [6.45, 7) is 4.96. The molecule has 0 unspecified atom stereocenters. The maximum absolute atomic E-state index is 12.7. The van der Waals surface area contributed by atoms with Crippen molar-refractivity contribution in [3.05, 3.63) is 71.3 Å². The van der Waals surface area contributed by atoms with Crippen LogP contribution < -0.4 is 11.1 Å². The summed E-state index contributed by atoms with van der Waals surface area (Å²) in [7, 11) is 4.03. The van der Waals surface area contributed by atoms with E-state index in [1.54, 1.807) is 12.1 Å². The summed E-state index contributed by atoms with van der Waals surface area (Å²) in [5, 5.41) is 3.13. The summed E-state index contributed by atoms with van der Waals surface area (Å²) in [6.07, 6.45) is 2.26. The minimum atomic E-state index is -0.424. The van der Waals surface area contributed by atoms with Crippen LogP contribution in [0.1, 0.15) is 54.1 Å². The molecule has 0 aromatic heterocycles. The van der Waals surface area contributed by atoms with Gasteiger partial charge in [0.15, 0.2) is 0 Å². The lowest BCUT2D eigenvalue weighted by molar-refractivity contribution is -0.121. The smallest absolute Gasteiger partial charge is 0.248 e. The predicted octanol–water partition coefficient (Wildman–Crippen LogP) is 3.59. The minimum Gasteiger partial charge on any atom is -0.366 e. The first-order valence-corrected chi connectivity index (χ1v) is 10.6. The number of hydrogen-bond acceptors (Lipinski definition) is 3. The van der Waals surface area contributed by atoms with E-state index in [1.807, 2.05) is 44.4 Å². The highest BCUT2D eigenvalue weighted by atomic mass is 16.1. The third-order valence-corrected chi connectivity index (χ3v) is 5.43. The molecule has 0 aliphatic heterocycles. The maximum atomic E-state index is 12.7. The lowest BCUT2D eigenvalue weighted by Crippen LogP contribution is -2.42. The number of hydrogen-bond donors (Lipinski definition) is 2. The van der Waals surface area contributed by atoms with Gasteiger partial charge in [-0.05, 0) is 62.0 Å². The van der Waals surface area contributed by atoms with Crippen molar-refractivity contribution >= 4 is 11.8 Å². The average Bonchev–Trinajstić information content (AvgIpc) is 2.71. The fourth-order valence-electron chi connectivity index (χ4n) is 3.67. The van der Waals surface area contributed by atoms with Crippen molar-refractivity contribution in [2.24, 2.45) is 11.7 Å². The molecule has 0 radical (unpaired) electrons. The molecule has 0 heterocycles. The number of carbonyl (C=O) groups excluding carboxylic acids is 2. The number of benzene rings is 2. The average molecular weight is 410 g/mol. The standard InChI is InChI=1S/C25H35N3O2/c1-18(2)14-22(20-8-6-5-7-9-20)16-24(29)27-17-23(28(3)4)15-19-10-12-21(13-11-19)25(26)30/h5-13,18,22-23H,14-17H2,1-4H3,(H2,26,30)(H,27,29)/t22-,23-/m0/s1. The van der Waals surface area contributed by atoms with Crippen molar-refractivity contribution in [3.63, 3.8) is 0 Å². The molecular weight excluding hydrogens is 374 g/mol. The molecule has 0 aliphatic carbocycles.